The summed E-state index contributed by atoms with van der Waals surface area (Å²) in [4.78, 5) is 0. The van der Waals surface area contributed by atoms with E-state index in [0.717, 1.165) is 30.6 Å². The summed E-state index contributed by atoms with van der Waals surface area (Å²) in [7, 11) is 1.67. The van der Waals surface area contributed by atoms with Gasteiger partial charge in [0.05, 0.1) is 26.4 Å². The zero-order chi connectivity index (χ0) is 15.6. The molecule has 0 fully saturated rings. The number of anilines is 1. The maximum absolute atomic E-state index is 9.60. The van der Waals surface area contributed by atoms with E-state index in [4.69, 9.17) is 9.47 Å². The standard InChI is InChI=1S/C17H29NO3/c1-4-17(5-2,14-19)13-18-16-8-6-7-15(11-16)12-21-10-9-20-3/h6-8,11,18-19H,4-5,9-10,12-14H2,1-3H3. The maximum Gasteiger partial charge on any atom is 0.0718 e. The molecule has 21 heavy (non-hydrogen) atoms. The van der Waals surface area contributed by atoms with Crippen molar-refractivity contribution < 1.29 is 14.6 Å². The predicted molar refractivity (Wildman–Crippen MR) is 86.6 cm³/mol. The Hall–Kier alpha value is -1.10. The van der Waals surface area contributed by atoms with Crippen LogP contribution in [0.1, 0.15) is 32.3 Å². The predicted octanol–water partition coefficient (Wildman–Crippen LogP) is 3.06. The summed E-state index contributed by atoms with van der Waals surface area (Å²) < 4.78 is 10.5. The van der Waals surface area contributed by atoms with Crippen molar-refractivity contribution in [2.24, 2.45) is 5.41 Å². The van der Waals surface area contributed by atoms with Crippen molar-refractivity contribution in [1.82, 2.24) is 0 Å². The van der Waals surface area contributed by atoms with Crippen molar-refractivity contribution in [1.29, 1.82) is 0 Å². The summed E-state index contributed by atoms with van der Waals surface area (Å²) in [5.41, 5.74) is 2.17. The number of benzene rings is 1. The van der Waals surface area contributed by atoms with Crippen molar-refractivity contribution in [2.45, 2.75) is 33.3 Å². The van der Waals surface area contributed by atoms with Gasteiger partial charge in [-0.1, -0.05) is 26.0 Å². The third-order valence-electron chi connectivity index (χ3n) is 4.13. The molecule has 0 bridgehead atoms. The lowest BCUT2D eigenvalue weighted by atomic mass is 9.83. The SMILES string of the molecule is CCC(CC)(CO)CNc1cccc(COCCOC)c1. The molecule has 1 rings (SSSR count). The highest BCUT2D eigenvalue weighted by molar-refractivity contribution is 5.45. The normalized spacial score (nSPS) is 11.6. The molecule has 4 heteroatoms. The molecule has 1 aromatic rings. The maximum atomic E-state index is 9.60. The lowest BCUT2D eigenvalue weighted by molar-refractivity contribution is 0.0617. The Morgan fingerprint density at radius 3 is 2.57 bits per heavy atom. The lowest BCUT2D eigenvalue weighted by Crippen LogP contribution is -2.32. The van der Waals surface area contributed by atoms with Gasteiger partial charge in [-0.3, -0.25) is 0 Å². The highest BCUT2D eigenvalue weighted by atomic mass is 16.5. The van der Waals surface area contributed by atoms with Gasteiger partial charge >= 0.3 is 0 Å². The molecule has 0 aliphatic heterocycles. The first-order chi connectivity index (χ1) is 10.2. The van der Waals surface area contributed by atoms with E-state index >= 15 is 0 Å². The van der Waals surface area contributed by atoms with Crippen LogP contribution in [0.3, 0.4) is 0 Å². The zero-order valence-electron chi connectivity index (χ0n) is 13.5. The average molecular weight is 295 g/mol. The highest BCUT2D eigenvalue weighted by Crippen LogP contribution is 2.26. The number of hydrogen-bond donors (Lipinski definition) is 2. The van der Waals surface area contributed by atoms with Crippen LogP contribution in [0, 0.1) is 5.41 Å². The number of ether oxygens (including phenoxy) is 2. The molecular weight excluding hydrogens is 266 g/mol. The van der Waals surface area contributed by atoms with Gasteiger partial charge in [0.25, 0.3) is 0 Å². The van der Waals surface area contributed by atoms with E-state index in [1.54, 1.807) is 7.11 Å². The number of aliphatic hydroxyl groups is 1. The molecule has 0 aliphatic rings. The molecule has 0 spiro atoms. The van der Waals surface area contributed by atoms with Crippen LogP contribution < -0.4 is 5.32 Å². The molecule has 0 aromatic heterocycles. The molecule has 2 N–H and O–H groups in total. The van der Waals surface area contributed by atoms with Crippen molar-refractivity contribution >= 4 is 5.69 Å². The van der Waals surface area contributed by atoms with Crippen LogP contribution in [0.4, 0.5) is 5.69 Å². The molecule has 1 aromatic carbocycles. The first kappa shape index (κ1) is 18.0. The second kappa shape index (κ2) is 9.77. The molecule has 0 aliphatic carbocycles. The Balaban J connectivity index is 2.52. The van der Waals surface area contributed by atoms with E-state index in [1.807, 2.05) is 12.1 Å². The van der Waals surface area contributed by atoms with Crippen LogP contribution in [0.15, 0.2) is 24.3 Å². The molecule has 4 nitrogen and oxygen atoms in total. The van der Waals surface area contributed by atoms with Crippen LogP contribution in [0.25, 0.3) is 0 Å². The smallest absolute Gasteiger partial charge is 0.0718 e. The number of aliphatic hydroxyl groups excluding tert-OH is 1. The topological polar surface area (TPSA) is 50.7 Å². The Bertz CT molecular complexity index is 383. The summed E-state index contributed by atoms with van der Waals surface area (Å²) in [6, 6.07) is 8.22. The van der Waals surface area contributed by atoms with Gasteiger partial charge < -0.3 is 19.9 Å². The Morgan fingerprint density at radius 2 is 1.95 bits per heavy atom. The van der Waals surface area contributed by atoms with Crippen LogP contribution in [0.2, 0.25) is 0 Å². The first-order valence-electron chi connectivity index (χ1n) is 7.70. The summed E-state index contributed by atoms with van der Waals surface area (Å²) in [5, 5.41) is 13.0. The van der Waals surface area contributed by atoms with Crippen LogP contribution in [-0.4, -0.2) is 38.6 Å². The van der Waals surface area contributed by atoms with Gasteiger partial charge in [-0.2, -0.15) is 0 Å². The second-order valence-electron chi connectivity index (χ2n) is 5.46. The molecule has 0 saturated carbocycles. The summed E-state index contributed by atoms with van der Waals surface area (Å²) in [6.07, 6.45) is 1.93. The Kier molecular flexibility index (Phi) is 8.35. The third kappa shape index (κ3) is 6.04. The molecule has 0 atom stereocenters. The van der Waals surface area contributed by atoms with Crippen LogP contribution in [0.5, 0.6) is 0 Å². The van der Waals surface area contributed by atoms with E-state index in [2.05, 4.69) is 31.3 Å². The van der Waals surface area contributed by atoms with Crippen LogP contribution in [-0.2, 0) is 16.1 Å². The van der Waals surface area contributed by atoms with Crippen LogP contribution >= 0.6 is 0 Å². The molecular formula is C17H29NO3. The number of nitrogens with one attached hydrogen (secondary N) is 1. The molecule has 120 valence electrons. The van der Waals surface area contributed by atoms with Crippen molar-refractivity contribution in [3.05, 3.63) is 29.8 Å². The van der Waals surface area contributed by atoms with Gasteiger partial charge in [0.2, 0.25) is 0 Å². The molecule has 0 saturated heterocycles. The second-order valence-corrected chi connectivity index (χ2v) is 5.46. The van der Waals surface area contributed by atoms with Gasteiger partial charge in [0.15, 0.2) is 0 Å². The number of methoxy groups -OCH3 is 1. The molecule has 0 heterocycles. The summed E-state index contributed by atoms with van der Waals surface area (Å²) >= 11 is 0. The number of hydrogen-bond acceptors (Lipinski definition) is 4. The number of rotatable bonds is 11. The van der Waals surface area contributed by atoms with Crippen molar-refractivity contribution in [2.75, 3.05) is 38.8 Å². The monoisotopic (exact) mass is 295 g/mol. The first-order valence-corrected chi connectivity index (χ1v) is 7.70. The van der Waals surface area contributed by atoms with E-state index in [-0.39, 0.29) is 12.0 Å². The fourth-order valence-electron chi connectivity index (χ4n) is 2.17. The van der Waals surface area contributed by atoms with Gasteiger partial charge in [-0.25, -0.2) is 0 Å². The van der Waals surface area contributed by atoms with E-state index in [0.29, 0.717) is 19.8 Å². The van der Waals surface area contributed by atoms with Gasteiger partial charge in [-0.05, 0) is 30.5 Å². The minimum Gasteiger partial charge on any atom is -0.396 e. The largest absolute Gasteiger partial charge is 0.396 e. The third-order valence-corrected chi connectivity index (χ3v) is 4.13. The van der Waals surface area contributed by atoms with Crippen molar-refractivity contribution in [3.63, 3.8) is 0 Å². The van der Waals surface area contributed by atoms with E-state index < -0.39 is 0 Å². The summed E-state index contributed by atoms with van der Waals surface area (Å²) in [6.45, 7) is 7.06. The quantitative estimate of drug-likeness (QED) is 0.616. The fourth-order valence-corrected chi connectivity index (χ4v) is 2.17. The lowest BCUT2D eigenvalue weighted by Gasteiger charge is -2.30. The van der Waals surface area contributed by atoms with Gasteiger partial charge in [-0.15, -0.1) is 0 Å². The Morgan fingerprint density at radius 1 is 1.19 bits per heavy atom. The molecule has 0 amide bonds. The van der Waals surface area contributed by atoms with Gasteiger partial charge in [0.1, 0.15) is 0 Å². The van der Waals surface area contributed by atoms with E-state index in [1.165, 1.54) is 0 Å². The minimum absolute atomic E-state index is 0.0367. The fraction of sp³-hybridized carbons (Fsp3) is 0.647. The average Bonchev–Trinajstić information content (AvgIpc) is 2.54. The minimum atomic E-state index is -0.0367. The highest BCUT2D eigenvalue weighted by Gasteiger charge is 2.24. The molecule has 0 unspecified atom stereocenters. The van der Waals surface area contributed by atoms with Gasteiger partial charge in [0, 0.05) is 24.8 Å². The zero-order valence-corrected chi connectivity index (χ0v) is 13.5. The van der Waals surface area contributed by atoms with E-state index in [9.17, 15) is 5.11 Å². The molecule has 0 radical (unpaired) electrons. The Labute approximate surface area is 128 Å². The van der Waals surface area contributed by atoms with Crippen molar-refractivity contribution in [3.8, 4) is 0 Å². The summed E-state index contributed by atoms with van der Waals surface area (Å²) in [5.74, 6) is 0.